The Morgan fingerprint density at radius 2 is 1.92 bits per heavy atom. The highest BCUT2D eigenvalue weighted by molar-refractivity contribution is 6.30. The van der Waals surface area contributed by atoms with Crippen molar-refractivity contribution in [1.82, 2.24) is 10.6 Å². The number of amides is 3. The number of nitrogens with one attached hydrogen (secondary N) is 2. The maximum absolute atomic E-state index is 12.2. The van der Waals surface area contributed by atoms with E-state index in [9.17, 15) is 9.59 Å². The average molecular weight is 370 g/mol. The predicted octanol–water partition coefficient (Wildman–Crippen LogP) is 2.14. The van der Waals surface area contributed by atoms with Gasteiger partial charge in [-0.05, 0) is 38.1 Å². The first kappa shape index (κ1) is 19.5. The second kappa shape index (κ2) is 9.60. The molecule has 0 unspecified atom stereocenters. The van der Waals surface area contributed by atoms with Gasteiger partial charge in [0.25, 0.3) is 0 Å². The topological polar surface area (TPSA) is 79.9 Å². The lowest BCUT2D eigenvalue weighted by Gasteiger charge is -2.19. The molecular formula is C17H24ClN3O4. The average Bonchev–Trinajstić information content (AvgIpc) is 2.94. The number of rotatable bonds is 8. The highest BCUT2D eigenvalue weighted by Gasteiger charge is 2.31. The molecule has 1 aromatic rings. The molecule has 138 valence electrons. The minimum Gasteiger partial charge on any atom is -0.351 e. The first-order valence-corrected chi connectivity index (χ1v) is 8.74. The fraction of sp³-hybridized carbons (Fsp3) is 0.529. The smallest absolute Gasteiger partial charge is 0.315 e. The van der Waals surface area contributed by atoms with Crippen molar-refractivity contribution in [3.8, 4) is 0 Å². The number of anilines is 1. The molecule has 0 spiro atoms. The molecule has 0 aromatic heterocycles. The molecule has 2 rings (SSSR count). The van der Waals surface area contributed by atoms with Crippen LogP contribution in [0.4, 0.5) is 10.5 Å². The Hall–Kier alpha value is -1.83. The quantitative estimate of drug-likeness (QED) is 0.688. The van der Waals surface area contributed by atoms with Gasteiger partial charge in [0, 0.05) is 36.9 Å². The number of carbonyl (C=O) groups is 2. The van der Waals surface area contributed by atoms with Crippen molar-refractivity contribution in [2.24, 2.45) is 0 Å². The Bertz CT molecular complexity index is 576. The van der Waals surface area contributed by atoms with E-state index in [4.69, 9.17) is 21.1 Å². The molecule has 0 aliphatic carbocycles. The molecule has 1 heterocycles. The molecule has 0 radical (unpaired) electrons. The second-order valence-corrected chi connectivity index (χ2v) is 6.01. The van der Waals surface area contributed by atoms with Crippen molar-refractivity contribution in [1.29, 1.82) is 0 Å². The van der Waals surface area contributed by atoms with Crippen LogP contribution in [0.3, 0.4) is 0 Å². The maximum Gasteiger partial charge on any atom is 0.315 e. The Kier molecular flexibility index (Phi) is 7.49. The summed E-state index contributed by atoms with van der Waals surface area (Å²) in [7, 11) is 0. The first-order valence-electron chi connectivity index (χ1n) is 8.37. The van der Waals surface area contributed by atoms with E-state index in [1.807, 2.05) is 13.8 Å². The van der Waals surface area contributed by atoms with Gasteiger partial charge in [0.2, 0.25) is 5.91 Å². The fourth-order valence-electron chi connectivity index (χ4n) is 2.63. The molecule has 25 heavy (non-hydrogen) atoms. The van der Waals surface area contributed by atoms with Gasteiger partial charge >= 0.3 is 6.03 Å². The van der Waals surface area contributed by atoms with Gasteiger partial charge < -0.3 is 25.0 Å². The number of carbonyl (C=O) groups excluding carboxylic acids is 2. The van der Waals surface area contributed by atoms with Crippen LogP contribution in [-0.4, -0.2) is 50.6 Å². The van der Waals surface area contributed by atoms with E-state index in [1.54, 1.807) is 29.2 Å². The van der Waals surface area contributed by atoms with Crippen LogP contribution in [0.15, 0.2) is 24.3 Å². The van der Waals surface area contributed by atoms with Crippen molar-refractivity contribution in [3.63, 3.8) is 0 Å². The summed E-state index contributed by atoms with van der Waals surface area (Å²) >= 11 is 5.87. The fourth-order valence-corrected chi connectivity index (χ4v) is 2.75. The lowest BCUT2D eigenvalue weighted by Crippen LogP contribution is -2.46. The van der Waals surface area contributed by atoms with Crippen molar-refractivity contribution < 1.29 is 19.1 Å². The van der Waals surface area contributed by atoms with Gasteiger partial charge in [-0.25, -0.2) is 4.79 Å². The van der Waals surface area contributed by atoms with Crippen molar-refractivity contribution in [3.05, 3.63) is 29.3 Å². The summed E-state index contributed by atoms with van der Waals surface area (Å²) in [5.41, 5.74) is 0.770. The number of nitrogens with zero attached hydrogens (tertiary/aromatic N) is 1. The monoisotopic (exact) mass is 369 g/mol. The van der Waals surface area contributed by atoms with Crippen LogP contribution in [0.25, 0.3) is 0 Å². The van der Waals surface area contributed by atoms with Crippen LogP contribution in [0, 0.1) is 0 Å². The predicted molar refractivity (Wildman–Crippen MR) is 95.8 cm³/mol. The van der Waals surface area contributed by atoms with Gasteiger partial charge in [0.05, 0.1) is 12.6 Å². The number of halogens is 1. The maximum atomic E-state index is 12.2. The van der Waals surface area contributed by atoms with E-state index < -0.39 is 6.29 Å². The van der Waals surface area contributed by atoms with E-state index in [0.717, 1.165) is 5.69 Å². The molecule has 8 heteroatoms. The number of urea groups is 1. The third kappa shape index (κ3) is 5.88. The number of ether oxygens (including phenoxy) is 2. The van der Waals surface area contributed by atoms with Crippen molar-refractivity contribution in [2.75, 3.05) is 31.2 Å². The van der Waals surface area contributed by atoms with Crippen molar-refractivity contribution >= 4 is 29.2 Å². The van der Waals surface area contributed by atoms with Crippen LogP contribution in [0.2, 0.25) is 5.02 Å². The minimum absolute atomic E-state index is 0.0332. The second-order valence-electron chi connectivity index (χ2n) is 5.58. The van der Waals surface area contributed by atoms with Crippen LogP contribution >= 0.6 is 11.6 Å². The highest BCUT2D eigenvalue weighted by Crippen LogP contribution is 2.23. The summed E-state index contributed by atoms with van der Waals surface area (Å²) < 4.78 is 10.7. The van der Waals surface area contributed by atoms with E-state index in [0.29, 0.717) is 24.8 Å². The SMILES string of the molecule is CCOC(CNC(=O)N[C@H]1CC(=O)N(c2ccc(Cl)cc2)C1)OCC. The number of hydrogen-bond acceptors (Lipinski definition) is 4. The highest BCUT2D eigenvalue weighted by atomic mass is 35.5. The molecule has 1 aromatic carbocycles. The summed E-state index contributed by atoms with van der Waals surface area (Å²) in [6, 6.07) is 6.45. The Balaban J connectivity index is 1.82. The summed E-state index contributed by atoms with van der Waals surface area (Å²) in [5.74, 6) is -0.0332. The van der Waals surface area contributed by atoms with Gasteiger partial charge in [0.15, 0.2) is 6.29 Å². The van der Waals surface area contributed by atoms with E-state index in [1.165, 1.54) is 0 Å². The molecule has 1 aliphatic heterocycles. The van der Waals surface area contributed by atoms with Gasteiger partial charge in [-0.1, -0.05) is 11.6 Å². The standard InChI is InChI=1S/C17H24ClN3O4/c1-3-24-16(25-4-2)10-19-17(23)20-13-9-15(22)21(11-13)14-7-5-12(18)6-8-14/h5-8,13,16H,3-4,9-11H2,1-2H3,(H2,19,20,23)/t13-/m0/s1. The molecule has 0 bridgehead atoms. The Morgan fingerprint density at radius 1 is 1.28 bits per heavy atom. The molecular weight excluding hydrogens is 346 g/mol. The molecule has 1 aliphatic rings. The van der Waals surface area contributed by atoms with Crippen LogP contribution in [-0.2, 0) is 14.3 Å². The first-order chi connectivity index (χ1) is 12.0. The van der Waals surface area contributed by atoms with Gasteiger partial charge in [-0.3, -0.25) is 4.79 Å². The van der Waals surface area contributed by atoms with E-state index >= 15 is 0 Å². The van der Waals surface area contributed by atoms with Crippen LogP contribution in [0.5, 0.6) is 0 Å². The van der Waals surface area contributed by atoms with Gasteiger partial charge in [-0.15, -0.1) is 0 Å². The molecule has 0 saturated carbocycles. The van der Waals surface area contributed by atoms with Gasteiger partial charge in [0.1, 0.15) is 0 Å². The molecule has 2 N–H and O–H groups in total. The zero-order valence-electron chi connectivity index (χ0n) is 14.5. The summed E-state index contributed by atoms with van der Waals surface area (Å²) in [6.07, 6.45) is -0.215. The lowest BCUT2D eigenvalue weighted by atomic mass is 10.2. The van der Waals surface area contributed by atoms with Crippen molar-refractivity contribution in [2.45, 2.75) is 32.6 Å². The molecule has 1 atom stereocenters. The van der Waals surface area contributed by atoms with Crippen LogP contribution in [0.1, 0.15) is 20.3 Å². The zero-order chi connectivity index (χ0) is 18.2. The van der Waals surface area contributed by atoms with E-state index in [-0.39, 0.29) is 30.9 Å². The molecule has 7 nitrogen and oxygen atoms in total. The molecule has 3 amide bonds. The third-order valence-corrected chi connectivity index (χ3v) is 3.98. The third-order valence-electron chi connectivity index (χ3n) is 3.73. The van der Waals surface area contributed by atoms with E-state index in [2.05, 4.69) is 10.6 Å². The normalized spacial score (nSPS) is 17.2. The molecule has 1 saturated heterocycles. The van der Waals surface area contributed by atoms with Crippen LogP contribution < -0.4 is 15.5 Å². The summed E-state index contributed by atoms with van der Waals surface area (Å²) in [4.78, 5) is 25.8. The van der Waals surface area contributed by atoms with Gasteiger partial charge in [-0.2, -0.15) is 0 Å². The largest absolute Gasteiger partial charge is 0.351 e. The lowest BCUT2D eigenvalue weighted by molar-refractivity contribution is -0.131. The minimum atomic E-state index is -0.475. The summed E-state index contributed by atoms with van der Waals surface area (Å²) in [5, 5.41) is 6.13. The number of benzene rings is 1. The Morgan fingerprint density at radius 3 is 2.52 bits per heavy atom. The molecule has 1 fully saturated rings. The Labute approximate surface area is 152 Å². The zero-order valence-corrected chi connectivity index (χ0v) is 15.2. The summed E-state index contributed by atoms with van der Waals surface area (Å²) in [6.45, 7) is 5.40. The number of hydrogen-bond donors (Lipinski definition) is 2.